The molecule has 1 saturated heterocycles. The van der Waals surface area contributed by atoms with E-state index in [2.05, 4.69) is 0 Å². The highest BCUT2D eigenvalue weighted by atomic mass is 16.5. The van der Waals surface area contributed by atoms with Gasteiger partial charge in [0, 0.05) is 31.1 Å². The Morgan fingerprint density at radius 2 is 2.26 bits per heavy atom. The van der Waals surface area contributed by atoms with Crippen molar-refractivity contribution in [2.24, 2.45) is 0 Å². The molecule has 1 atom stereocenters. The molecule has 0 aliphatic carbocycles. The molecule has 1 aromatic carbocycles. The molecule has 4 N–H and O–H groups in total. The van der Waals surface area contributed by atoms with Gasteiger partial charge in [-0.25, -0.2) is 0 Å². The van der Waals surface area contributed by atoms with Gasteiger partial charge in [0.05, 0.1) is 11.7 Å². The van der Waals surface area contributed by atoms with Gasteiger partial charge in [-0.1, -0.05) is 0 Å². The molecule has 1 amide bonds. The maximum atomic E-state index is 12.4. The van der Waals surface area contributed by atoms with Crippen LogP contribution in [0.15, 0.2) is 18.2 Å². The number of nitrogens with zero attached hydrogens (tertiary/aromatic N) is 1. The molecule has 1 fully saturated rings. The van der Waals surface area contributed by atoms with Crippen LogP contribution in [0.5, 0.6) is 0 Å². The summed E-state index contributed by atoms with van der Waals surface area (Å²) in [6.45, 7) is 4.02. The summed E-state index contributed by atoms with van der Waals surface area (Å²) in [6.07, 6.45) is 2.24. The summed E-state index contributed by atoms with van der Waals surface area (Å²) in [4.78, 5) is 14.2. The summed E-state index contributed by atoms with van der Waals surface area (Å²) in [5, 5.41) is 0. The van der Waals surface area contributed by atoms with Crippen LogP contribution >= 0.6 is 0 Å². The third kappa shape index (κ3) is 3.17. The molecular weight excluding hydrogens is 242 g/mol. The van der Waals surface area contributed by atoms with Crippen LogP contribution in [0.3, 0.4) is 0 Å². The lowest BCUT2D eigenvalue weighted by atomic mass is 10.1. The Hall–Kier alpha value is -1.75. The number of carbonyl (C=O) groups excluding carboxylic acids is 1. The summed E-state index contributed by atoms with van der Waals surface area (Å²) in [7, 11) is 0. The third-order valence-corrected chi connectivity index (χ3v) is 3.42. The molecule has 1 aromatic rings. The summed E-state index contributed by atoms with van der Waals surface area (Å²) in [6, 6.07) is 5.00. The Labute approximate surface area is 113 Å². The predicted molar refractivity (Wildman–Crippen MR) is 75.8 cm³/mol. The Balaban J connectivity index is 2.10. The van der Waals surface area contributed by atoms with Crippen LogP contribution in [-0.4, -0.2) is 36.6 Å². The van der Waals surface area contributed by atoms with Crippen LogP contribution in [0.4, 0.5) is 11.4 Å². The first-order chi connectivity index (χ1) is 9.11. The van der Waals surface area contributed by atoms with Crippen LogP contribution in [0, 0.1) is 0 Å². The number of nitrogens with two attached hydrogens (primary N) is 2. The minimum atomic E-state index is -0.0597. The van der Waals surface area contributed by atoms with Gasteiger partial charge in [-0.15, -0.1) is 0 Å². The molecule has 5 heteroatoms. The summed E-state index contributed by atoms with van der Waals surface area (Å²) >= 11 is 0. The zero-order valence-corrected chi connectivity index (χ0v) is 11.3. The second-order valence-electron chi connectivity index (χ2n) is 4.83. The van der Waals surface area contributed by atoms with E-state index in [0.29, 0.717) is 30.0 Å². The fraction of sp³-hybridized carbons (Fsp3) is 0.500. The first-order valence-electron chi connectivity index (χ1n) is 6.67. The molecule has 0 bridgehead atoms. The quantitative estimate of drug-likeness (QED) is 0.806. The molecule has 19 heavy (non-hydrogen) atoms. The summed E-state index contributed by atoms with van der Waals surface area (Å²) < 4.78 is 5.58. The molecule has 1 aliphatic heterocycles. The highest BCUT2D eigenvalue weighted by molar-refractivity contribution is 5.99. The van der Waals surface area contributed by atoms with Crippen molar-refractivity contribution in [1.29, 1.82) is 0 Å². The molecular formula is C14H21N3O2. The number of benzene rings is 1. The number of nitrogen functional groups attached to an aromatic ring is 2. The fourth-order valence-electron chi connectivity index (χ4n) is 2.34. The van der Waals surface area contributed by atoms with Gasteiger partial charge < -0.3 is 21.1 Å². The maximum absolute atomic E-state index is 12.4. The van der Waals surface area contributed by atoms with Crippen LogP contribution < -0.4 is 11.5 Å². The number of carbonyl (C=O) groups is 1. The Morgan fingerprint density at radius 3 is 2.84 bits per heavy atom. The number of ether oxygens (including phenoxy) is 1. The van der Waals surface area contributed by atoms with Crippen LogP contribution in [0.2, 0.25) is 0 Å². The van der Waals surface area contributed by atoms with E-state index in [1.165, 1.54) is 0 Å². The second-order valence-corrected chi connectivity index (χ2v) is 4.83. The van der Waals surface area contributed by atoms with Crippen molar-refractivity contribution >= 4 is 17.3 Å². The van der Waals surface area contributed by atoms with Gasteiger partial charge in [0.25, 0.3) is 5.91 Å². The molecule has 0 saturated carbocycles. The average molecular weight is 263 g/mol. The first kappa shape index (κ1) is 13.7. The van der Waals surface area contributed by atoms with Crippen molar-refractivity contribution in [3.8, 4) is 0 Å². The zero-order valence-electron chi connectivity index (χ0n) is 11.3. The van der Waals surface area contributed by atoms with E-state index in [4.69, 9.17) is 16.2 Å². The van der Waals surface area contributed by atoms with Crippen molar-refractivity contribution in [1.82, 2.24) is 4.90 Å². The van der Waals surface area contributed by atoms with E-state index in [1.54, 1.807) is 23.1 Å². The lowest BCUT2D eigenvalue weighted by Gasteiger charge is -2.24. The van der Waals surface area contributed by atoms with E-state index >= 15 is 0 Å². The van der Waals surface area contributed by atoms with Gasteiger partial charge in [0.2, 0.25) is 0 Å². The minimum Gasteiger partial charge on any atom is -0.399 e. The van der Waals surface area contributed by atoms with Crippen LogP contribution in [0.25, 0.3) is 0 Å². The maximum Gasteiger partial charge on any atom is 0.256 e. The largest absolute Gasteiger partial charge is 0.399 e. The molecule has 104 valence electrons. The number of amides is 1. The number of rotatable bonds is 4. The highest BCUT2D eigenvalue weighted by Gasteiger charge is 2.23. The van der Waals surface area contributed by atoms with E-state index in [9.17, 15) is 4.79 Å². The van der Waals surface area contributed by atoms with E-state index in [1.807, 2.05) is 6.92 Å². The smallest absolute Gasteiger partial charge is 0.256 e. The molecule has 1 heterocycles. The lowest BCUT2D eigenvalue weighted by Crippen LogP contribution is -2.37. The van der Waals surface area contributed by atoms with Crippen molar-refractivity contribution in [3.05, 3.63) is 23.8 Å². The van der Waals surface area contributed by atoms with Gasteiger partial charge in [-0.3, -0.25) is 4.79 Å². The van der Waals surface area contributed by atoms with Gasteiger partial charge in [-0.05, 0) is 38.0 Å². The molecule has 0 aromatic heterocycles. The molecule has 0 radical (unpaired) electrons. The van der Waals surface area contributed by atoms with Gasteiger partial charge in [0.15, 0.2) is 0 Å². The SMILES string of the molecule is CCN(CC1CCCO1)C(=O)c1ccc(N)cc1N. The third-order valence-electron chi connectivity index (χ3n) is 3.42. The highest BCUT2D eigenvalue weighted by Crippen LogP contribution is 2.19. The zero-order chi connectivity index (χ0) is 13.8. The number of hydrogen-bond donors (Lipinski definition) is 2. The Kier molecular flexibility index (Phi) is 4.27. The van der Waals surface area contributed by atoms with Gasteiger partial charge in [-0.2, -0.15) is 0 Å². The van der Waals surface area contributed by atoms with E-state index in [-0.39, 0.29) is 12.0 Å². The Bertz CT molecular complexity index is 456. The van der Waals surface area contributed by atoms with Gasteiger partial charge >= 0.3 is 0 Å². The van der Waals surface area contributed by atoms with Crippen molar-refractivity contribution < 1.29 is 9.53 Å². The molecule has 2 rings (SSSR count). The molecule has 0 spiro atoms. The van der Waals surface area contributed by atoms with E-state index < -0.39 is 0 Å². The normalized spacial score (nSPS) is 18.5. The molecule has 5 nitrogen and oxygen atoms in total. The lowest BCUT2D eigenvalue weighted by molar-refractivity contribution is 0.0540. The van der Waals surface area contributed by atoms with Crippen LogP contribution in [0.1, 0.15) is 30.1 Å². The molecule has 1 aliphatic rings. The summed E-state index contributed by atoms with van der Waals surface area (Å²) in [5.74, 6) is -0.0597. The monoisotopic (exact) mass is 263 g/mol. The molecule has 1 unspecified atom stereocenters. The second kappa shape index (κ2) is 5.93. The minimum absolute atomic E-state index is 0.0597. The van der Waals surface area contributed by atoms with Gasteiger partial charge in [0.1, 0.15) is 0 Å². The average Bonchev–Trinajstić information content (AvgIpc) is 2.88. The number of anilines is 2. The predicted octanol–water partition coefficient (Wildman–Crippen LogP) is 1.49. The van der Waals surface area contributed by atoms with Crippen LogP contribution in [-0.2, 0) is 4.74 Å². The fourth-order valence-corrected chi connectivity index (χ4v) is 2.34. The number of hydrogen-bond acceptors (Lipinski definition) is 4. The van der Waals surface area contributed by atoms with Crippen molar-refractivity contribution in [2.75, 3.05) is 31.2 Å². The topological polar surface area (TPSA) is 81.6 Å². The van der Waals surface area contributed by atoms with Crippen molar-refractivity contribution in [2.45, 2.75) is 25.9 Å². The summed E-state index contributed by atoms with van der Waals surface area (Å²) in [5.41, 5.74) is 13.0. The first-order valence-corrected chi connectivity index (χ1v) is 6.67. The standard InChI is InChI=1S/C14H21N3O2/c1-2-17(9-11-4-3-7-19-11)14(18)12-6-5-10(15)8-13(12)16/h5-6,8,11H,2-4,7,9,15-16H2,1H3. The number of likely N-dealkylation sites (N-methyl/N-ethyl adjacent to an activating group) is 1. The van der Waals surface area contributed by atoms with E-state index in [0.717, 1.165) is 19.4 Å². The Morgan fingerprint density at radius 1 is 1.47 bits per heavy atom. The van der Waals surface area contributed by atoms with Crippen molar-refractivity contribution in [3.63, 3.8) is 0 Å².